The van der Waals surface area contributed by atoms with Crippen molar-refractivity contribution in [2.75, 3.05) is 0 Å². The summed E-state index contributed by atoms with van der Waals surface area (Å²) in [6, 6.07) is 6.55. The molecule has 4 heteroatoms. The van der Waals surface area contributed by atoms with Gasteiger partial charge in [0.05, 0.1) is 5.92 Å². The third-order valence-electron chi connectivity index (χ3n) is 3.56. The van der Waals surface area contributed by atoms with Gasteiger partial charge in [-0.3, -0.25) is 0 Å². The molecule has 1 atom stereocenters. The summed E-state index contributed by atoms with van der Waals surface area (Å²) in [4.78, 5) is 0. The van der Waals surface area contributed by atoms with Crippen LogP contribution >= 0.6 is 0 Å². The summed E-state index contributed by atoms with van der Waals surface area (Å²) >= 11 is 0. The van der Waals surface area contributed by atoms with Crippen molar-refractivity contribution in [1.82, 2.24) is 0 Å². The van der Waals surface area contributed by atoms with E-state index in [1.54, 1.807) is 12.1 Å². The Balaban J connectivity index is 2.23. The maximum absolute atomic E-state index is 13.3. The second-order valence-electron chi connectivity index (χ2n) is 5.96. The van der Waals surface area contributed by atoms with Crippen molar-refractivity contribution >= 4 is 0 Å². The second-order valence-corrected chi connectivity index (χ2v) is 5.96. The fraction of sp³-hybridized carbons (Fsp3) is 0.571. The van der Waals surface area contributed by atoms with E-state index in [1.807, 2.05) is 20.8 Å². The first-order valence-corrected chi connectivity index (χ1v) is 5.92. The number of hydrogen-bond acceptors (Lipinski definition) is 0. The summed E-state index contributed by atoms with van der Waals surface area (Å²) in [5, 5.41) is 0. The molecule has 0 amide bonds. The Morgan fingerprint density at radius 3 is 1.83 bits per heavy atom. The maximum atomic E-state index is 13.3. The predicted octanol–water partition coefficient (Wildman–Crippen LogP) is 4.74. The first-order valence-electron chi connectivity index (χ1n) is 5.92. The molecule has 0 aromatic heterocycles. The van der Waals surface area contributed by atoms with E-state index in [0.29, 0.717) is 5.56 Å². The van der Waals surface area contributed by atoms with Crippen LogP contribution in [0.15, 0.2) is 24.3 Å². The number of halogens is 4. The first-order chi connectivity index (χ1) is 8.06. The van der Waals surface area contributed by atoms with Crippen molar-refractivity contribution in [3.63, 3.8) is 0 Å². The molecule has 0 spiro atoms. The summed E-state index contributed by atoms with van der Waals surface area (Å²) in [5.41, 5.74) is 1.21. The zero-order valence-electron chi connectivity index (χ0n) is 10.6. The third-order valence-corrected chi connectivity index (χ3v) is 3.56. The van der Waals surface area contributed by atoms with Crippen molar-refractivity contribution in [3.8, 4) is 0 Å². The van der Waals surface area contributed by atoms with Crippen LogP contribution in [0.3, 0.4) is 0 Å². The highest BCUT2D eigenvalue weighted by Crippen LogP contribution is 2.59. The molecule has 1 aromatic rings. The molecule has 1 saturated carbocycles. The van der Waals surface area contributed by atoms with Gasteiger partial charge in [0.2, 0.25) is 0 Å². The van der Waals surface area contributed by atoms with Crippen LogP contribution in [0, 0.1) is 0 Å². The van der Waals surface area contributed by atoms with Gasteiger partial charge in [-0.2, -0.15) is 17.6 Å². The van der Waals surface area contributed by atoms with Gasteiger partial charge in [0.25, 0.3) is 0 Å². The van der Waals surface area contributed by atoms with E-state index in [2.05, 4.69) is 0 Å². The standard InChI is InChI=1S/C14H16F4/c1-12(2,3)10-6-4-9(5-7-10)11-8-13(15,16)14(11,17)18/h4-7,11H,8H2,1-3H3. The van der Waals surface area contributed by atoms with Gasteiger partial charge < -0.3 is 0 Å². The molecule has 1 fully saturated rings. The fourth-order valence-electron chi connectivity index (χ4n) is 2.19. The summed E-state index contributed by atoms with van der Waals surface area (Å²) < 4.78 is 52.0. The quantitative estimate of drug-likeness (QED) is 0.640. The van der Waals surface area contributed by atoms with E-state index in [0.717, 1.165) is 5.56 Å². The van der Waals surface area contributed by atoms with Crippen LogP contribution in [0.4, 0.5) is 17.6 Å². The Hall–Kier alpha value is -1.06. The number of alkyl halides is 4. The highest BCUT2D eigenvalue weighted by Gasteiger charge is 2.71. The lowest BCUT2D eigenvalue weighted by Crippen LogP contribution is -2.56. The van der Waals surface area contributed by atoms with Crippen LogP contribution < -0.4 is 0 Å². The van der Waals surface area contributed by atoms with Gasteiger partial charge in [0, 0.05) is 6.42 Å². The minimum absolute atomic E-state index is 0.0788. The van der Waals surface area contributed by atoms with Gasteiger partial charge in [0.1, 0.15) is 0 Å². The maximum Gasteiger partial charge on any atom is 0.317 e. The highest BCUT2D eigenvalue weighted by atomic mass is 19.3. The van der Waals surface area contributed by atoms with Gasteiger partial charge >= 0.3 is 11.8 Å². The molecule has 0 aliphatic heterocycles. The zero-order valence-corrected chi connectivity index (χ0v) is 10.6. The normalized spacial score (nSPS) is 25.6. The largest absolute Gasteiger partial charge is 0.317 e. The smallest absolute Gasteiger partial charge is 0.200 e. The molecule has 0 N–H and O–H groups in total. The van der Waals surface area contributed by atoms with Crippen LogP contribution in [0.1, 0.15) is 44.2 Å². The van der Waals surface area contributed by atoms with E-state index < -0.39 is 24.2 Å². The van der Waals surface area contributed by atoms with E-state index in [-0.39, 0.29) is 5.41 Å². The van der Waals surface area contributed by atoms with Gasteiger partial charge in [0.15, 0.2) is 0 Å². The monoisotopic (exact) mass is 260 g/mol. The third kappa shape index (κ3) is 1.91. The molecule has 1 aliphatic rings. The van der Waals surface area contributed by atoms with Crippen LogP contribution in [0.25, 0.3) is 0 Å². The molecule has 0 nitrogen and oxygen atoms in total. The van der Waals surface area contributed by atoms with Crippen molar-refractivity contribution in [2.45, 2.75) is 50.4 Å². The summed E-state index contributed by atoms with van der Waals surface area (Å²) in [7, 11) is 0. The van der Waals surface area contributed by atoms with E-state index in [9.17, 15) is 17.6 Å². The van der Waals surface area contributed by atoms with Crippen LogP contribution in [-0.4, -0.2) is 11.8 Å². The summed E-state index contributed by atoms with van der Waals surface area (Å²) in [6.07, 6.45) is -0.769. The van der Waals surface area contributed by atoms with Crippen molar-refractivity contribution in [2.24, 2.45) is 0 Å². The lowest BCUT2D eigenvalue weighted by Gasteiger charge is -2.44. The molecule has 0 radical (unpaired) electrons. The number of benzene rings is 1. The molecule has 18 heavy (non-hydrogen) atoms. The van der Waals surface area contributed by atoms with Gasteiger partial charge in [-0.25, -0.2) is 0 Å². The Labute approximate surface area is 104 Å². The lowest BCUT2D eigenvalue weighted by atomic mass is 9.72. The van der Waals surface area contributed by atoms with Gasteiger partial charge in [-0.1, -0.05) is 45.0 Å². The molecular formula is C14H16F4. The second kappa shape index (κ2) is 3.72. The predicted molar refractivity (Wildman–Crippen MR) is 62.4 cm³/mol. The Morgan fingerprint density at radius 2 is 1.50 bits per heavy atom. The molecular weight excluding hydrogens is 244 g/mol. The van der Waals surface area contributed by atoms with E-state index in [4.69, 9.17) is 0 Å². The van der Waals surface area contributed by atoms with Gasteiger partial charge in [-0.15, -0.1) is 0 Å². The molecule has 1 aromatic carbocycles. The highest BCUT2D eigenvalue weighted by molar-refractivity contribution is 5.33. The molecule has 0 heterocycles. The van der Waals surface area contributed by atoms with E-state index >= 15 is 0 Å². The minimum atomic E-state index is -3.92. The lowest BCUT2D eigenvalue weighted by molar-refractivity contribution is -0.290. The molecule has 2 rings (SSSR count). The van der Waals surface area contributed by atoms with Gasteiger partial charge in [-0.05, 0) is 16.5 Å². The average Bonchev–Trinajstić information content (AvgIpc) is 2.25. The van der Waals surface area contributed by atoms with Crippen molar-refractivity contribution in [3.05, 3.63) is 35.4 Å². The number of rotatable bonds is 1. The molecule has 0 bridgehead atoms. The van der Waals surface area contributed by atoms with Crippen molar-refractivity contribution in [1.29, 1.82) is 0 Å². The Morgan fingerprint density at radius 1 is 1.00 bits per heavy atom. The number of hydrogen-bond donors (Lipinski definition) is 0. The first kappa shape index (κ1) is 13.4. The van der Waals surface area contributed by atoms with Crippen LogP contribution in [-0.2, 0) is 5.41 Å². The Bertz CT molecular complexity index is 440. The Kier molecular flexibility index (Phi) is 2.76. The topological polar surface area (TPSA) is 0 Å². The minimum Gasteiger partial charge on any atom is -0.200 e. The molecule has 0 saturated heterocycles. The molecule has 1 aliphatic carbocycles. The van der Waals surface area contributed by atoms with Crippen molar-refractivity contribution < 1.29 is 17.6 Å². The summed E-state index contributed by atoms with van der Waals surface area (Å²) in [5.74, 6) is -9.14. The van der Waals surface area contributed by atoms with Crippen LogP contribution in [0.5, 0.6) is 0 Å². The summed E-state index contributed by atoms with van der Waals surface area (Å²) in [6.45, 7) is 6.02. The molecule has 100 valence electrons. The average molecular weight is 260 g/mol. The zero-order chi connectivity index (χ0) is 13.8. The van der Waals surface area contributed by atoms with E-state index in [1.165, 1.54) is 12.1 Å². The molecule has 1 unspecified atom stereocenters. The fourth-order valence-corrected chi connectivity index (χ4v) is 2.19. The SMILES string of the molecule is CC(C)(C)c1ccc(C2CC(F)(F)C2(F)F)cc1. The van der Waals surface area contributed by atoms with Crippen LogP contribution in [0.2, 0.25) is 0 Å².